The van der Waals surface area contributed by atoms with Crippen molar-refractivity contribution < 1.29 is 9.59 Å². The minimum atomic E-state index is -0.353. The van der Waals surface area contributed by atoms with Crippen LogP contribution in [-0.2, 0) is 17.8 Å². The van der Waals surface area contributed by atoms with Crippen LogP contribution in [0.15, 0.2) is 70.4 Å². The van der Waals surface area contributed by atoms with E-state index in [4.69, 9.17) is 0 Å². The van der Waals surface area contributed by atoms with Gasteiger partial charge in [-0.2, -0.15) is 0 Å². The third-order valence-electron chi connectivity index (χ3n) is 7.90. The van der Waals surface area contributed by atoms with Crippen molar-refractivity contribution in [2.24, 2.45) is 10.2 Å². The molecule has 2 aromatic carbocycles. The first-order valence-corrected chi connectivity index (χ1v) is 16.1. The molecule has 6 rings (SSSR count). The normalized spacial score (nSPS) is 18.6. The number of anilines is 1. The quantitative estimate of drug-likeness (QED) is 0.151. The van der Waals surface area contributed by atoms with E-state index in [1.807, 2.05) is 55.5 Å². The number of carbonyl (C=O) groups is 2. The number of rotatable bonds is 8. The number of carbonyl (C=O) groups excluding carboxylic acids is 2. The van der Waals surface area contributed by atoms with E-state index in [1.54, 1.807) is 11.9 Å². The molecule has 8 nitrogen and oxygen atoms in total. The summed E-state index contributed by atoms with van der Waals surface area (Å²) in [7, 11) is 1.54. The van der Waals surface area contributed by atoms with Crippen LogP contribution in [0.1, 0.15) is 49.1 Å². The summed E-state index contributed by atoms with van der Waals surface area (Å²) in [6.45, 7) is 6.80. The zero-order chi connectivity index (χ0) is 29.2. The highest BCUT2D eigenvalue weighted by molar-refractivity contribution is 7.29. The van der Waals surface area contributed by atoms with Gasteiger partial charge in [-0.3, -0.25) is 9.69 Å². The van der Waals surface area contributed by atoms with Crippen LogP contribution in [0.4, 0.5) is 21.3 Å². The first kappa shape index (κ1) is 28.2. The van der Waals surface area contributed by atoms with Crippen molar-refractivity contribution >= 4 is 66.7 Å². The van der Waals surface area contributed by atoms with Crippen molar-refractivity contribution in [1.29, 1.82) is 0 Å². The van der Waals surface area contributed by atoms with E-state index < -0.39 is 0 Å². The smallest absolute Gasteiger partial charge is 0.327 e. The van der Waals surface area contributed by atoms with Crippen molar-refractivity contribution in [1.82, 2.24) is 14.8 Å². The summed E-state index contributed by atoms with van der Waals surface area (Å²) >= 11 is 3.00. The standard InChI is InChI=1S/C32H34N6O2S2/c1-4-5-15-37-16-9-12-23-17-24(13-14-27(23)37)34-35-31-33-29-28(42-31)19-25(41-29)18-26-21(2)38(32(40)36(3)30(26)39)20-22-10-7-6-8-11-22/h6-8,10-11,13-14,17-19,21H,4-5,9,12,15-16,20H2,1-3H3/b26-18-,35-34?. The number of fused-ring (bicyclic) bond motifs is 2. The molecule has 10 heteroatoms. The van der Waals surface area contributed by atoms with E-state index in [2.05, 4.69) is 39.2 Å². The van der Waals surface area contributed by atoms with E-state index in [0.717, 1.165) is 45.2 Å². The minimum Gasteiger partial charge on any atom is -0.371 e. The van der Waals surface area contributed by atoms with Crippen LogP contribution < -0.4 is 4.90 Å². The van der Waals surface area contributed by atoms with Gasteiger partial charge in [0.1, 0.15) is 4.83 Å². The van der Waals surface area contributed by atoms with Gasteiger partial charge in [0, 0.05) is 42.8 Å². The maximum absolute atomic E-state index is 13.1. The van der Waals surface area contributed by atoms with Gasteiger partial charge in [0.25, 0.3) is 5.91 Å². The number of nitrogens with zero attached hydrogens (tertiary/aromatic N) is 6. The summed E-state index contributed by atoms with van der Waals surface area (Å²) in [6, 6.07) is 17.6. The van der Waals surface area contributed by atoms with Gasteiger partial charge in [-0.25, -0.2) is 9.78 Å². The molecule has 1 fully saturated rings. The van der Waals surface area contributed by atoms with E-state index in [9.17, 15) is 9.59 Å². The molecule has 1 atom stereocenters. The highest BCUT2D eigenvalue weighted by Gasteiger charge is 2.38. The highest BCUT2D eigenvalue weighted by Crippen LogP contribution is 2.37. The second-order valence-electron chi connectivity index (χ2n) is 10.8. The molecule has 42 heavy (non-hydrogen) atoms. The molecule has 0 N–H and O–H groups in total. The third kappa shape index (κ3) is 5.73. The maximum atomic E-state index is 13.1. The summed E-state index contributed by atoms with van der Waals surface area (Å²) in [6.07, 6.45) is 6.54. The van der Waals surface area contributed by atoms with Crippen molar-refractivity contribution in [2.75, 3.05) is 25.0 Å². The SMILES string of the molecule is CCCCN1CCCc2cc(N=Nc3nc4sc(/C=C5\C(=O)N(C)C(=O)N(Cc6ccccc6)C5C)cc4s3)ccc21. The number of unbranched alkanes of at least 4 members (excludes halogenated alkanes) is 1. The predicted octanol–water partition coefficient (Wildman–Crippen LogP) is 8.19. The molecule has 2 aromatic heterocycles. The average Bonchev–Trinajstić information content (AvgIpc) is 3.57. The first-order chi connectivity index (χ1) is 20.4. The number of hydrogen-bond acceptors (Lipinski definition) is 8. The molecule has 0 spiro atoms. The summed E-state index contributed by atoms with van der Waals surface area (Å²) < 4.78 is 0.999. The van der Waals surface area contributed by atoms with Crippen LogP contribution in [0.3, 0.4) is 0 Å². The summed E-state index contributed by atoms with van der Waals surface area (Å²) in [5.74, 6) is -0.269. The van der Waals surface area contributed by atoms with Gasteiger partial charge < -0.3 is 9.80 Å². The van der Waals surface area contributed by atoms with Crippen molar-refractivity contribution in [3.8, 4) is 0 Å². The molecule has 216 valence electrons. The van der Waals surface area contributed by atoms with Gasteiger partial charge in [0.2, 0.25) is 5.13 Å². The zero-order valence-electron chi connectivity index (χ0n) is 24.1. The van der Waals surface area contributed by atoms with Crippen molar-refractivity contribution in [3.63, 3.8) is 0 Å². The Kier molecular flexibility index (Phi) is 8.17. The third-order valence-corrected chi connectivity index (χ3v) is 9.89. The highest BCUT2D eigenvalue weighted by atomic mass is 32.1. The molecule has 0 aliphatic carbocycles. The van der Waals surface area contributed by atoms with E-state index >= 15 is 0 Å². The van der Waals surface area contributed by atoms with Crippen LogP contribution in [0.25, 0.3) is 15.6 Å². The second-order valence-corrected chi connectivity index (χ2v) is 12.9. The lowest BCUT2D eigenvalue weighted by atomic mass is 10.0. The second kappa shape index (κ2) is 12.1. The van der Waals surface area contributed by atoms with Gasteiger partial charge in [-0.15, -0.1) is 21.6 Å². The van der Waals surface area contributed by atoms with Crippen LogP contribution in [0.5, 0.6) is 0 Å². The number of imide groups is 1. The number of azo groups is 1. The van der Waals surface area contributed by atoms with Crippen molar-refractivity contribution in [2.45, 2.75) is 52.1 Å². The Labute approximate surface area is 254 Å². The number of aromatic nitrogens is 1. The molecular formula is C32H34N6O2S2. The summed E-state index contributed by atoms with van der Waals surface area (Å²) in [5.41, 5.74) is 5.12. The Hall–Kier alpha value is -3.89. The molecule has 2 aliphatic heterocycles. The largest absolute Gasteiger partial charge is 0.371 e. The summed E-state index contributed by atoms with van der Waals surface area (Å²) in [4.78, 5) is 37.9. The molecular weight excluding hydrogens is 565 g/mol. The minimum absolute atomic E-state index is 0.269. The number of urea groups is 1. The van der Waals surface area contributed by atoms with Gasteiger partial charge in [-0.05, 0) is 67.7 Å². The van der Waals surface area contributed by atoms with Gasteiger partial charge in [-0.1, -0.05) is 55.0 Å². The number of likely N-dealkylation sites (N-methyl/N-ethyl adjacent to an activating group) is 1. The Morgan fingerprint density at radius 2 is 1.90 bits per heavy atom. The number of amides is 3. The number of aryl methyl sites for hydroxylation is 1. The maximum Gasteiger partial charge on any atom is 0.327 e. The molecule has 4 aromatic rings. The fraction of sp³-hybridized carbons (Fsp3) is 0.344. The lowest BCUT2D eigenvalue weighted by Crippen LogP contribution is -2.55. The van der Waals surface area contributed by atoms with Crippen molar-refractivity contribution in [3.05, 3.63) is 76.2 Å². The molecule has 0 bridgehead atoms. The van der Waals surface area contributed by atoms with E-state index in [1.165, 1.54) is 58.1 Å². The van der Waals surface area contributed by atoms with E-state index in [-0.39, 0.29) is 18.0 Å². The monoisotopic (exact) mass is 598 g/mol. The molecule has 1 saturated heterocycles. The number of thiazole rings is 1. The molecule has 0 radical (unpaired) electrons. The lowest BCUT2D eigenvalue weighted by molar-refractivity contribution is -0.126. The van der Waals surface area contributed by atoms with Gasteiger partial charge in [0.15, 0.2) is 0 Å². The molecule has 2 aliphatic rings. The van der Waals surface area contributed by atoms with Crippen LogP contribution in [0.2, 0.25) is 0 Å². The lowest BCUT2D eigenvalue weighted by Gasteiger charge is -2.38. The Morgan fingerprint density at radius 3 is 2.69 bits per heavy atom. The Morgan fingerprint density at radius 1 is 1.07 bits per heavy atom. The number of hydrogen-bond donors (Lipinski definition) is 0. The molecule has 3 amide bonds. The Balaban J connectivity index is 1.19. The molecule has 1 unspecified atom stereocenters. The molecule has 0 saturated carbocycles. The molecule has 4 heterocycles. The topological polar surface area (TPSA) is 81.5 Å². The van der Waals surface area contributed by atoms with Gasteiger partial charge in [0.05, 0.1) is 16.4 Å². The Bertz CT molecular complexity index is 1640. The van der Waals surface area contributed by atoms with Crippen LogP contribution in [0, 0.1) is 0 Å². The predicted molar refractivity (Wildman–Crippen MR) is 171 cm³/mol. The van der Waals surface area contributed by atoms with Crippen LogP contribution in [-0.4, -0.2) is 52.9 Å². The number of benzene rings is 2. The zero-order valence-corrected chi connectivity index (χ0v) is 25.7. The van der Waals surface area contributed by atoms with Crippen LogP contribution >= 0.6 is 22.7 Å². The fourth-order valence-corrected chi connectivity index (χ4v) is 7.56. The first-order valence-electron chi connectivity index (χ1n) is 14.5. The fourth-order valence-electron chi connectivity index (χ4n) is 5.57. The average molecular weight is 599 g/mol. The van der Waals surface area contributed by atoms with Gasteiger partial charge >= 0.3 is 6.03 Å². The summed E-state index contributed by atoms with van der Waals surface area (Å²) in [5, 5.41) is 9.56. The number of thiophene rings is 1. The van der Waals surface area contributed by atoms with E-state index in [0.29, 0.717) is 17.2 Å².